The molecule has 0 saturated heterocycles. The molecular weight excluding hydrogens is 272 g/mol. The number of rotatable bonds is 13. The van der Waals surface area contributed by atoms with Gasteiger partial charge in [-0.05, 0) is 12.8 Å². The topological polar surface area (TPSA) is 90.7 Å². The first-order valence-corrected chi connectivity index (χ1v) is 7.99. The number of unbranched alkanes of at least 4 members (excludes halogenated alkanes) is 7. The Morgan fingerprint density at radius 1 is 0.857 bits per heavy atom. The summed E-state index contributed by atoms with van der Waals surface area (Å²) < 4.78 is 9.56. The fourth-order valence-electron chi connectivity index (χ4n) is 1.89. The predicted octanol–water partition coefficient (Wildman–Crippen LogP) is 3.34. The van der Waals surface area contributed by atoms with Crippen molar-refractivity contribution in [2.45, 2.75) is 64.7 Å². The summed E-state index contributed by atoms with van der Waals surface area (Å²) in [5, 5.41) is 2.59. The van der Waals surface area contributed by atoms with Crippen molar-refractivity contribution in [3.63, 3.8) is 0 Å². The van der Waals surface area contributed by atoms with Gasteiger partial charge in [0.25, 0.3) is 0 Å². The first-order valence-electron chi connectivity index (χ1n) is 7.99. The molecule has 0 bridgehead atoms. The Hall–Kier alpha value is -1.46. The molecule has 3 N–H and O–H groups in total. The van der Waals surface area contributed by atoms with Crippen LogP contribution in [0.25, 0.3) is 0 Å². The molecule has 124 valence electrons. The molecule has 0 radical (unpaired) electrons. The highest BCUT2D eigenvalue weighted by molar-refractivity contribution is 5.67. The van der Waals surface area contributed by atoms with Crippen molar-refractivity contribution in [2.24, 2.45) is 5.73 Å². The van der Waals surface area contributed by atoms with Gasteiger partial charge < -0.3 is 20.5 Å². The number of amides is 2. The van der Waals surface area contributed by atoms with E-state index in [0.717, 1.165) is 12.8 Å². The smallest absolute Gasteiger partial charge is 0.407 e. The van der Waals surface area contributed by atoms with E-state index in [-0.39, 0.29) is 6.61 Å². The molecule has 0 fully saturated rings. The van der Waals surface area contributed by atoms with Gasteiger partial charge in [0, 0.05) is 6.54 Å². The number of nitrogens with two attached hydrogens (primary N) is 1. The van der Waals surface area contributed by atoms with Crippen LogP contribution in [0.5, 0.6) is 0 Å². The average molecular weight is 302 g/mol. The SMILES string of the molecule is CCCCCCCCCCOC(=O)NCCCOC(N)=O. The molecule has 0 atom stereocenters. The number of ether oxygens (including phenoxy) is 2. The minimum Gasteiger partial charge on any atom is -0.450 e. The Labute approximate surface area is 127 Å². The van der Waals surface area contributed by atoms with Crippen molar-refractivity contribution in [1.29, 1.82) is 0 Å². The number of nitrogens with one attached hydrogen (secondary N) is 1. The first kappa shape index (κ1) is 19.5. The van der Waals surface area contributed by atoms with Crippen molar-refractivity contribution in [3.8, 4) is 0 Å². The fraction of sp³-hybridized carbons (Fsp3) is 0.867. The molecule has 0 aliphatic rings. The monoisotopic (exact) mass is 302 g/mol. The highest BCUT2D eigenvalue weighted by Gasteiger charge is 2.01. The molecule has 6 nitrogen and oxygen atoms in total. The van der Waals surface area contributed by atoms with E-state index in [1.165, 1.54) is 38.5 Å². The summed E-state index contributed by atoms with van der Waals surface area (Å²) in [5.74, 6) is 0. The highest BCUT2D eigenvalue weighted by atomic mass is 16.6. The van der Waals surface area contributed by atoms with E-state index in [4.69, 9.17) is 10.5 Å². The molecule has 0 aliphatic heterocycles. The van der Waals surface area contributed by atoms with Crippen molar-refractivity contribution < 1.29 is 19.1 Å². The van der Waals surface area contributed by atoms with Crippen LogP contribution in [0, 0.1) is 0 Å². The Morgan fingerprint density at radius 2 is 1.43 bits per heavy atom. The van der Waals surface area contributed by atoms with Gasteiger partial charge in [-0.25, -0.2) is 9.59 Å². The van der Waals surface area contributed by atoms with Gasteiger partial charge in [-0.2, -0.15) is 0 Å². The third-order valence-electron chi connectivity index (χ3n) is 3.07. The average Bonchev–Trinajstić information content (AvgIpc) is 2.45. The standard InChI is InChI=1S/C15H30N2O4/c1-2-3-4-5-6-7-8-9-12-21-15(19)17-11-10-13-20-14(16)18/h2-13H2,1H3,(H2,16,18)(H,17,19). The van der Waals surface area contributed by atoms with Crippen molar-refractivity contribution in [1.82, 2.24) is 5.32 Å². The van der Waals surface area contributed by atoms with E-state index in [1.807, 2.05) is 0 Å². The predicted molar refractivity (Wildman–Crippen MR) is 82.1 cm³/mol. The van der Waals surface area contributed by atoms with E-state index in [2.05, 4.69) is 17.0 Å². The molecule has 0 saturated carbocycles. The normalized spacial score (nSPS) is 10.1. The summed E-state index contributed by atoms with van der Waals surface area (Å²) in [6.07, 6.45) is 9.03. The number of carbonyl (C=O) groups is 2. The number of primary amides is 1. The van der Waals surface area contributed by atoms with Gasteiger partial charge >= 0.3 is 12.2 Å². The maximum atomic E-state index is 11.3. The Bertz CT molecular complexity index is 272. The van der Waals surface area contributed by atoms with Crippen LogP contribution in [0.15, 0.2) is 0 Å². The number of hydrogen-bond donors (Lipinski definition) is 2. The summed E-state index contributed by atoms with van der Waals surface area (Å²) in [5.41, 5.74) is 4.80. The highest BCUT2D eigenvalue weighted by Crippen LogP contribution is 2.08. The molecule has 0 aliphatic carbocycles. The Kier molecular flexibility index (Phi) is 13.9. The van der Waals surface area contributed by atoms with Crippen LogP contribution in [0.1, 0.15) is 64.7 Å². The first-order chi connectivity index (χ1) is 10.2. The van der Waals surface area contributed by atoms with Gasteiger partial charge in [0.1, 0.15) is 0 Å². The van der Waals surface area contributed by atoms with Crippen LogP contribution in [-0.4, -0.2) is 31.9 Å². The molecular formula is C15H30N2O4. The zero-order valence-electron chi connectivity index (χ0n) is 13.2. The van der Waals surface area contributed by atoms with Gasteiger partial charge in [-0.1, -0.05) is 51.9 Å². The molecule has 2 amide bonds. The van der Waals surface area contributed by atoms with E-state index >= 15 is 0 Å². The van der Waals surface area contributed by atoms with E-state index in [9.17, 15) is 9.59 Å². The zero-order valence-corrected chi connectivity index (χ0v) is 13.2. The van der Waals surface area contributed by atoms with Crippen LogP contribution in [0.4, 0.5) is 9.59 Å². The lowest BCUT2D eigenvalue weighted by molar-refractivity contribution is 0.140. The quantitative estimate of drug-likeness (QED) is 0.510. The maximum absolute atomic E-state index is 11.3. The third kappa shape index (κ3) is 16.5. The van der Waals surface area contributed by atoms with Crippen LogP contribution < -0.4 is 11.1 Å². The molecule has 0 heterocycles. The number of alkyl carbamates (subject to hydrolysis) is 1. The van der Waals surface area contributed by atoms with Gasteiger partial charge in [-0.3, -0.25) is 0 Å². The summed E-state index contributed by atoms with van der Waals surface area (Å²) in [6.45, 7) is 3.28. The molecule has 0 unspecified atom stereocenters. The fourth-order valence-corrected chi connectivity index (χ4v) is 1.89. The third-order valence-corrected chi connectivity index (χ3v) is 3.07. The molecule has 0 aromatic rings. The minimum atomic E-state index is -0.799. The lowest BCUT2D eigenvalue weighted by atomic mass is 10.1. The van der Waals surface area contributed by atoms with E-state index in [1.54, 1.807) is 0 Å². The molecule has 6 heteroatoms. The van der Waals surface area contributed by atoms with Gasteiger partial charge in [-0.15, -0.1) is 0 Å². The van der Waals surface area contributed by atoms with Gasteiger partial charge in [0.2, 0.25) is 0 Å². The van der Waals surface area contributed by atoms with Crippen molar-refractivity contribution >= 4 is 12.2 Å². The Morgan fingerprint density at radius 3 is 2.05 bits per heavy atom. The second-order valence-corrected chi connectivity index (χ2v) is 5.06. The summed E-state index contributed by atoms with van der Waals surface area (Å²) >= 11 is 0. The van der Waals surface area contributed by atoms with Crippen molar-refractivity contribution in [2.75, 3.05) is 19.8 Å². The van der Waals surface area contributed by atoms with Gasteiger partial charge in [0.05, 0.1) is 13.2 Å². The minimum absolute atomic E-state index is 0.202. The van der Waals surface area contributed by atoms with E-state index < -0.39 is 12.2 Å². The number of hydrogen-bond acceptors (Lipinski definition) is 4. The van der Waals surface area contributed by atoms with Crippen LogP contribution in [0.3, 0.4) is 0 Å². The summed E-state index contributed by atoms with van der Waals surface area (Å²) in [7, 11) is 0. The second kappa shape index (κ2) is 14.9. The number of carbonyl (C=O) groups excluding carboxylic acids is 2. The zero-order chi connectivity index (χ0) is 15.8. The van der Waals surface area contributed by atoms with Gasteiger partial charge in [0.15, 0.2) is 0 Å². The molecule has 0 rings (SSSR count). The lowest BCUT2D eigenvalue weighted by Gasteiger charge is -2.07. The van der Waals surface area contributed by atoms with Crippen molar-refractivity contribution in [3.05, 3.63) is 0 Å². The molecule has 0 aromatic carbocycles. The molecule has 21 heavy (non-hydrogen) atoms. The maximum Gasteiger partial charge on any atom is 0.407 e. The molecule has 0 spiro atoms. The largest absolute Gasteiger partial charge is 0.450 e. The second-order valence-electron chi connectivity index (χ2n) is 5.06. The van der Waals surface area contributed by atoms with Crippen LogP contribution in [0.2, 0.25) is 0 Å². The molecule has 0 aromatic heterocycles. The van der Waals surface area contributed by atoms with E-state index in [0.29, 0.717) is 19.6 Å². The summed E-state index contributed by atoms with van der Waals surface area (Å²) in [4.78, 5) is 21.6. The van der Waals surface area contributed by atoms with Crippen LogP contribution in [-0.2, 0) is 9.47 Å². The van der Waals surface area contributed by atoms with Crippen LogP contribution >= 0.6 is 0 Å². The summed E-state index contributed by atoms with van der Waals surface area (Å²) in [6, 6.07) is 0. The Balaban J connectivity index is 3.17. The lowest BCUT2D eigenvalue weighted by Crippen LogP contribution is -2.27.